The number of carbonyl (C=O) groups is 1. The monoisotopic (exact) mass is 394 g/mol. The van der Waals surface area contributed by atoms with E-state index in [1.165, 1.54) is 5.69 Å². The summed E-state index contributed by atoms with van der Waals surface area (Å²) in [7, 11) is 4.18. The van der Waals surface area contributed by atoms with E-state index in [1.807, 2.05) is 19.3 Å². The lowest BCUT2D eigenvalue weighted by Crippen LogP contribution is -2.48. The van der Waals surface area contributed by atoms with Crippen molar-refractivity contribution in [2.24, 2.45) is 7.05 Å². The summed E-state index contributed by atoms with van der Waals surface area (Å²) in [5, 5.41) is 3.93. The third-order valence-corrected chi connectivity index (χ3v) is 5.48. The Kier molecular flexibility index (Phi) is 6.24. The number of halogens is 2. The molecule has 1 aromatic carbocycles. The van der Waals surface area contributed by atoms with Gasteiger partial charge < -0.3 is 14.8 Å². The van der Waals surface area contributed by atoms with Crippen LogP contribution in [0.1, 0.15) is 22.1 Å². The fraction of sp³-hybridized carbons (Fsp3) is 0.421. The number of hydrogen-bond acceptors (Lipinski definition) is 3. The maximum atomic E-state index is 12.6. The summed E-state index contributed by atoms with van der Waals surface area (Å²) in [6.45, 7) is 4.53. The second kappa shape index (κ2) is 8.44. The van der Waals surface area contributed by atoms with E-state index in [4.69, 9.17) is 23.2 Å². The van der Waals surface area contributed by atoms with Gasteiger partial charge in [0.05, 0.1) is 16.6 Å². The molecule has 26 heavy (non-hydrogen) atoms. The lowest BCUT2D eigenvalue weighted by Gasteiger charge is -2.38. The predicted molar refractivity (Wildman–Crippen MR) is 106 cm³/mol. The minimum Gasteiger partial charge on any atom is -0.353 e. The molecule has 1 unspecified atom stereocenters. The maximum Gasteiger partial charge on any atom is 0.252 e. The third kappa shape index (κ3) is 4.41. The Balaban J connectivity index is 1.73. The molecule has 2 aromatic rings. The Hall–Kier alpha value is -1.53. The number of aromatic nitrogens is 1. The van der Waals surface area contributed by atoms with E-state index in [1.54, 1.807) is 18.2 Å². The second-order valence-corrected chi connectivity index (χ2v) is 7.58. The Morgan fingerprint density at radius 3 is 2.50 bits per heavy atom. The SMILES string of the molecule is CN1CCN(C(CNC(=O)c2ccc(Cl)cc2Cl)c2cccn2C)CC1. The van der Waals surface area contributed by atoms with Gasteiger partial charge in [0.15, 0.2) is 0 Å². The van der Waals surface area contributed by atoms with E-state index in [-0.39, 0.29) is 11.9 Å². The number of rotatable bonds is 5. The average molecular weight is 395 g/mol. The second-order valence-electron chi connectivity index (χ2n) is 6.73. The van der Waals surface area contributed by atoms with Crippen LogP contribution < -0.4 is 5.32 Å². The Morgan fingerprint density at radius 2 is 1.88 bits per heavy atom. The molecular formula is C19H24Cl2N4O. The molecule has 7 heteroatoms. The minimum atomic E-state index is -0.181. The fourth-order valence-electron chi connectivity index (χ4n) is 3.33. The van der Waals surface area contributed by atoms with Crippen molar-refractivity contribution < 1.29 is 4.79 Å². The summed E-state index contributed by atoms with van der Waals surface area (Å²) >= 11 is 12.1. The maximum absolute atomic E-state index is 12.6. The quantitative estimate of drug-likeness (QED) is 0.846. The van der Waals surface area contributed by atoms with Gasteiger partial charge in [-0.25, -0.2) is 0 Å². The number of aryl methyl sites for hydroxylation is 1. The Bertz CT molecular complexity index is 769. The van der Waals surface area contributed by atoms with Crippen LogP contribution in [0.3, 0.4) is 0 Å². The van der Waals surface area contributed by atoms with Crippen molar-refractivity contribution in [3.05, 3.63) is 57.8 Å². The predicted octanol–water partition coefficient (Wildman–Crippen LogP) is 3.05. The van der Waals surface area contributed by atoms with Crippen LogP contribution in [-0.2, 0) is 7.05 Å². The first-order valence-corrected chi connectivity index (χ1v) is 9.48. The third-order valence-electron chi connectivity index (χ3n) is 4.94. The molecule has 1 aliphatic rings. The summed E-state index contributed by atoms with van der Waals surface area (Å²) in [5.41, 5.74) is 1.64. The van der Waals surface area contributed by atoms with Gasteiger partial charge in [-0.3, -0.25) is 9.69 Å². The number of piperazine rings is 1. The lowest BCUT2D eigenvalue weighted by molar-refractivity contribution is 0.0877. The topological polar surface area (TPSA) is 40.5 Å². The first kappa shape index (κ1) is 19.2. The molecule has 1 atom stereocenters. The number of nitrogens with zero attached hydrogens (tertiary/aromatic N) is 3. The van der Waals surface area contributed by atoms with Crippen molar-refractivity contribution in [2.45, 2.75) is 6.04 Å². The molecule has 1 N–H and O–H groups in total. The molecule has 1 saturated heterocycles. The highest BCUT2D eigenvalue weighted by atomic mass is 35.5. The zero-order valence-electron chi connectivity index (χ0n) is 15.1. The Labute approximate surface area is 164 Å². The van der Waals surface area contributed by atoms with Crippen LogP contribution in [0.15, 0.2) is 36.5 Å². The molecule has 1 aliphatic heterocycles. The van der Waals surface area contributed by atoms with Gasteiger partial charge in [0, 0.05) is 56.7 Å². The molecule has 0 radical (unpaired) electrons. The number of carbonyl (C=O) groups excluding carboxylic acids is 1. The lowest BCUT2D eigenvalue weighted by atomic mass is 10.1. The molecule has 3 rings (SSSR count). The van der Waals surface area contributed by atoms with Crippen LogP contribution >= 0.6 is 23.2 Å². The molecule has 1 fully saturated rings. The molecule has 0 aliphatic carbocycles. The van der Waals surface area contributed by atoms with Crippen LogP contribution in [0.25, 0.3) is 0 Å². The van der Waals surface area contributed by atoms with E-state index >= 15 is 0 Å². The molecule has 1 aromatic heterocycles. The van der Waals surface area contributed by atoms with E-state index < -0.39 is 0 Å². The van der Waals surface area contributed by atoms with Crippen molar-refractivity contribution in [2.75, 3.05) is 39.8 Å². The summed E-state index contributed by atoms with van der Waals surface area (Å²) in [4.78, 5) is 17.4. The molecule has 2 heterocycles. The van der Waals surface area contributed by atoms with Gasteiger partial charge in [-0.15, -0.1) is 0 Å². The van der Waals surface area contributed by atoms with Gasteiger partial charge >= 0.3 is 0 Å². The van der Waals surface area contributed by atoms with Gasteiger partial charge in [-0.2, -0.15) is 0 Å². The summed E-state index contributed by atoms with van der Waals surface area (Å²) in [5.74, 6) is -0.181. The van der Waals surface area contributed by atoms with Crippen LogP contribution in [0.2, 0.25) is 10.0 Å². The number of amides is 1. The van der Waals surface area contributed by atoms with E-state index in [2.05, 4.69) is 32.8 Å². The van der Waals surface area contributed by atoms with Gasteiger partial charge in [-0.05, 0) is 37.4 Å². The summed E-state index contributed by atoms with van der Waals surface area (Å²) in [6.07, 6.45) is 2.04. The molecule has 0 spiro atoms. The first-order valence-electron chi connectivity index (χ1n) is 8.73. The average Bonchev–Trinajstić information content (AvgIpc) is 3.02. The number of benzene rings is 1. The van der Waals surface area contributed by atoms with Crippen molar-refractivity contribution in [1.82, 2.24) is 19.7 Å². The molecule has 5 nitrogen and oxygen atoms in total. The zero-order valence-corrected chi connectivity index (χ0v) is 16.6. The van der Waals surface area contributed by atoms with Crippen molar-refractivity contribution >= 4 is 29.1 Å². The van der Waals surface area contributed by atoms with Gasteiger partial charge in [0.2, 0.25) is 0 Å². The van der Waals surface area contributed by atoms with Crippen molar-refractivity contribution in [3.63, 3.8) is 0 Å². The zero-order chi connectivity index (χ0) is 18.7. The van der Waals surface area contributed by atoms with Gasteiger partial charge in [0.1, 0.15) is 0 Å². The van der Waals surface area contributed by atoms with Crippen LogP contribution in [0.5, 0.6) is 0 Å². The number of hydrogen-bond donors (Lipinski definition) is 1. The van der Waals surface area contributed by atoms with Crippen molar-refractivity contribution in [3.8, 4) is 0 Å². The fourth-order valence-corrected chi connectivity index (χ4v) is 3.83. The Morgan fingerprint density at radius 1 is 1.15 bits per heavy atom. The van der Waals surface area contributed by atoms with Gasteiger partial charge in [-0.1, -0.05) is 23.2 Å². The smallest absolute Gasteiger partial charge is 0.252 e. The molecule has 1 amide bonds. The normalized spacial score (nSPS) is 17.2. The first-order chi connectivity index (χ1) is 12.5. The molecule has 140 valence electrons. The van der Waals surface area contributed by atoms with Crippen LogP contribution in [-0.4, -0.2) is 60.0 Å². The molecule has 0 saturated carbocycles. The number of likely N-dealkylation sites (N-methyl/N-ethyl adjacent to an activating group) is 1. The number of nitrogens with one attached hydrogen (secondary N) is 1. The minimum absolute atomic E-state index is 0.124. The van der Waals surface area contributed by atoms with Crippen LogP contribution in [0.4, 0.5) is 0 Å². The van der Waals surface area contributed by atoms with E-state index in [9.17, 15) is 4.79 Å². The van der Waals surface area contributed by atoms with Gasteiger partial charge in [0.25, 0.3) is 5.91 Å². The molecular weight excluding hydrogens is 371 g/mol. The highest BCUT2D eigenvalue weighted by molar-refractivity contribution is 6.36. The molecule has 0 bridgehead atoms. The van der Waals surface area contributed by atoms with E-state index in [0.29, 0.717) is 22.2 Å². The van der Waals surface area contributed by atoms with Crippen LogP contribution in [0, 0.1) is 0 Å². The summed E-state index contributed by atoms with van der Waals surface area (Å²) in [6, 6.07) is 9.21. The highest BCUT2D eigenvalue weighted by Crippen LogP contribution is 2.23. The largest absolute Gasteiger partial charge is 0.353 e. The van der Waals surface area contributed by atoms with E-state index in [0.717, 1.165) is 26.2 Å². The van der Waals surface area contributed by atoms with Crippen molar-refractivity contribution in [1.29, 1.82) is 0 Å². The highest BCUT2D eigenvalue weighted by Gasteiger charge is 2.26. The standard InChI is InChI=1S/C19H24Cl2N4O/c1-23-8-10-25(11-9-23)18(17-4-3-7-24(17)2)13-22-19(26)15-6-5-14(20)12-16(15)21/h3-7,12,18H,8-11,13H2,1-2H3,(H,22,26). The summed E-state index contributed by atoms with van der Waals surface area (Å²) < 4.78 is 2.12.